The SMILES string of the molecule is Nc1ncc(-c2cc([C@H]3CC[C@@H](N4CCOCC4)C3)nc(N3CC[C@H](F)C3)n2)cc1OC(F)F. The zero-order chi connectivity index (χ0) is 23.7. The molecule has 0 radical (unpaired) electrons. The van der Waals surface area contributed by atoms with Crippen LogP contribution in [-0.2, 0) is 4.74 Å². The maximum absolute atomic E-state index is 13.9. The molecule has 8 nitrogen and oxygen atoms in total. The molecule has 184 valence electrons. The third kappa shape index (κ3) is 5.05. The van der Waals surface area contributed by atoms with E-state index in [-0.39, 0.29) is 24.0 Å². The van der Waals surface area contributed by atoms with Crippen molar-refractivity contribution in [1.82, 2.24) is 19.9 Å². The summed E-state index contributed by atoms with van der Waals surface area (Å²) in [5.41, 5.74) is 7.62. The van der Waals surface area contributed by atoms with Crippen LogP contribution in [0.15, 0.2) is 18.3 Å². The normalized spacial score (nSPS) is 25.9. The van der Waals surface area contributed by atoms with Gasteiger partial charge in [-0.25, -0.2) is 19.3 Å². The van der Waals surface area contributed by atoms with E-state index in [1.54, 1.807) is 0 Å². The molecule has 3 aliphatic rings. The van der Waals surface area contributed by atoms with E-state index in [1.165, 1.54) is 12.3 Å². The molecule has 0 amide bonds. The first-order chi connectivity index (χ1) is 16.5. The van der Waals surface area contributed by atoms with Gasteiger partial charge in [0.1, 0.15) is 6.17 Å². The van der Waals surface area contributed by atoms with Crippen molar-refractivity contribution in [3.63, 3.8) is 0 Å². The molecule has 4 heterocycles. The average Bonchev–Trinajstić information content (AvgIpc) is 3.50. The maximum Gasteiger partial charge on any atom is 0.387 e. The predicted molar refractivity (Wildman–Crippen MR) is 121 cm³/mol. The van der Waals surface area contributed by atoms with E-state index in [9.17, 15) is 13.2 Å². The summed E-state index contributed by atoms with van der Waals surface area (Å²) in [7, 11) is 0. The number of hydrogen-bond donors (Lipinski definition) is 1. The topological polar surface area (TPSA) is 89.6 Å². The summed E-state index contributed by atoms with van der Waals surface area (Å²) in [5.74, 6) is 0.362. The summed E-state index contributed by atoms with van der Waals surface area (Å²) < 4.78 is 49.6. The Hall–Kier alpha value is -2.66. The van der Waals surface area contributed by atoms with Gasteiger partial charge >= 0.3 is 6.61 Å². The lowest BCUT2D eigenvalue weighted by atomic mass is 10.0. The molecule has 2 N–H and O–H groups in total. The molecule has 11 heteroatoms. The molecule has 0 spiro atoms. The van der Waals surface area contributed by atoms with Crippen molar-refractivity contribution in [2.45, 2.75) is 50.4 Å². The first-order valence-corrected chi connectivity index (χ1v) is 11.8. The number of nitrogens with zero attached hydrogens (tertiary/aromatic N) is 5. The summed E-state index contributed by atoms with van der Waals surface area (Å²) >= 11 is 0. The average molecular weight is 479 g/mol. The monoisotopic (exact) mass is 478 g/mol. The lowest BCUT2D eigenvalue weighted by molar-refractivity contribution is -0.0494. The zero-order valence-corrected chi connectivity index (χ0v) is 18.9. The van der Waals surface area contributed by atoms with Gasteiger partial charge < -0.3 is 20.1 Å². The molecule has 2 aromatic rings. The van der Waals surface area contributed by atoms with Gasteiger partial charge in [0.05, 0.1) is 25.5 Å². The summed E-state index contributed by atoms with van der Waals surface area (Å²) in [6.07, 6.45) is 4.03. The van der Waals surface area contributed by atoms with Gasteiger partial charge in [-0.05, 0) is 37.8 Å². The Kier molecular flexibility index (Phi) is 6.73. The van der Waals surface area contributed by atoms with Crippen LogP contribution in [0.4, 0.5) is 24.9 Å². The molecular formula is C23H29F3N6O2. The van der Waals surface area contributed by atoms with Crippen LogP contribution in [0.1, 0.15) is 37.3 Å². The van der Waals surface area contributed by atoms with E-state index in [4.69, 9.17) is 15.5 Å². The summed E-state index contributed by atoms with van der Waals surface area (Å²) in [6.45, 7) is 1.15. The molecule has 3 fully saturated rings. The maximum atomic E-state index is 13.9. The van der Waals surface area contributed by atoms with E-state index in [0.29, 0.717) is 36.2 Å². The number of ether oxygens (including phenoxy) is 2. The van der Waals surface area contributed by atoms with Crippen LogP contribution in [0.25, 0.3) is 11.3 Å². The largest absolute Gasteiger partial charge is 0.431 e. The number of nitrogens with two attached hydrogens (primary N) is 1. The number of alkyl halides is 3. The van der Waals surface area contributed by atoms with Crippen LogP contribution < -0.4 is 15.4 Å². The molecular weight excluding hydrogens is 449 g/mol. The zero-order valence-electron chi connectivity index (χ0n) is 18.9. The second-order valence-corrected chi connectivity index (χ2v) is 9.11. The van der Waals surface area contributed by atoms with Gasteiger partial charge in [0.2, 0.25) is 5.95 Å². The van der Waals surface area contributed by atoms with Gasteiger partial charge in [-0.2, -0.15) is 8.78 Å². The summed E-state index contributed by atoms with van der Waals surface area (Å²) in [5, 5.41) is 0. The Balaban J connectivity index is 1.46. The molecule has 1 aliphatic carbocycles. The summed E-state index contributed by atoms with van der Waals surface area (Å²) in [4.78, 5) is 17.8. The Morgan fingerprint density at radius 3 is 2.65 bits per heavy atom. The Labute approximate surface area is 196 Å². The van der Waals surface area contributed by atoms with Crippen molar-refractivity contribution in [2.24, 2.45) is 0 Å². The van der Waals surface area contributed by atoms with Crippen LogP contribution in [0, 0.1) is 0 Å². The molecule has 0 unspecified atom stereocenters. The molecule has 34 heavy (non-hydrogen) atoms. The van der Waals surface area contributed by atoms with E-state index in [0.717, 1.165) is 51.3 Å². The lowest BCUT2D eigenvalue weighted by Gasteiger charge is -2.32. The van der Waals surface area contributed by atoms with Gasteiger partial charge in [0, 0.05) is 49.0 Å². The highest BCUT2D eigenvalue weighted by Crippen LogP contribution is 2.39. The molecule has 1 saturated carbocycles. The van der Waals surface area contributed by atoms with Crippen molar-refractivity contribution in [3.05, 3.63) is 24.0 Å². The molecule has 2 aromatic heterocycles. The van der Waals surface area contributed by atoms with Gasteiger partial charge in [-0.1, -0.05) is 0 Å². The fourth-order valence-corrected chi connectivity index (χ4v) is 5.14. The van der Waals surface area contributed by atoms with Crippen LogP contribution in [0.3, 0.4) is 0 Å². The Bertz CT molecular complexity index is 1010. The molecule has 2 aliphatic heterocycles. The standard InChI is InChI=1S/C23H29F3N6O2/c24-16-3-4-32(13-16)23-29-18(14-1-2-17(9-14)31-5-7-33-8-6-31)11-19(30-23)15-10-20(34-22(25)26)21(27)28-12-15/h10-12,14,16-17,22H,1-9,13H2,(H2,27,28)/t14-,16-,17+/m0/s1. The number of morpholine rings is 1. The number of hydrogen-bond acceptors (Lipinski definition) is 8. The number of nitrogen functional groups attached to an aromatic ring is 1. The van der Waals surface area contributed by atoms with Crippen molar-refractivity contribution in [2.75, 3.05) is 50.0 Å². The van der Waals surface area contributed by atoms with E-state index >= 15 is 0 Å². The fourth-order valence-electron chi connectivity index (χ4n) is 5.14. The fraction of sp³-hybridized carbons (Fsp3) is 0.609. The van der Waals surface area contributed by atoms with Crippen LogP contribution >= 0.6 is 0 Å². The van der Waals surface area contributed by atoms with E-state index in [1.807, 2.05) is 11.0 Å². The van der Waals surface area contributed by atoms with Gasteiger partial charge in [-0.3, -0.25) is 4.90 Å². The first-order valence-electron chi connectivity index (χ1n) is 11.8. The number of aromatic nitrogens is 3. The van der Waals surface area contributed by atoms with Crippen molar-refractivity contribution < 1.29 is 22.6 Å². The highest BCUT2D eigenvalue weighted by molar-refractivity contribution is 5.65. The second-order valence-electron chi connectivity index (χ2n) is 9.11. The van der Waals surface area contributed by atoms with Crippen molar-refractivity contribution in [1.29, 1.82) is 0 Å². The summed E-state index contributed by atoms with van der Waals surface area (Å²) in [6, 6.07) is 3.78. The highest BCUT2D eigenvalue weighted by atomic mass is 19.3. The van der Waals surface area contributed by atoms with Crippen molar-refractivity contribution in [3.8, 4) is 17.0 Å². The predicted octanol–water partition coefficient (Wildman–Crippen LogP) is 3.24. The molecule has 3 atom stereocenters. The number of anilines is 2. The van der Waals surface area contributed by atoms with E-state index < -0.39 is 12.8 Å². The number of halogens is 3. The van der Waals surface area contributed by atoms with Gasteiger partial charge in [-0.15, -0.1) is 0 Å². The smallest absolute Gasteiger partial charge is 0.387 e. The molecule has 0 aromatic carbocycles. The first kappa shape index (κ1) is 23.1. The number of pyridine rings is 1. The Morgan fingerprint density at radius 1 is 1.09 bits per heavy atom. The minimum Gasteiger partial charge on any atom is -0.431 e. The van der Waals surface area contributed by atoms with Gasteiger partial charge in [0.25, 0.3) is 0 Å². The molecule has 2 saturated heterocycles. The van der Waals surface area contributed by atoms with Crippen LogP contribution in [0.5, 0.6) is 5.75 Å². The third-order valence-corrected chi connectivity index (χ3v) is 6.93. The van der Waals surface area contributed by atoms with Crippen LogP contribution in [0.2, 0.25) is 0 Å². The Morgan fingerprint density at radius 2 is 1.91 bits per heavy atom. The molecule has 0 bridgehead atoms. The molecule has 5 rings (SSSR count). The highest BCUT2D eigenvalue weighted by Gasteiger charge is 2.33. The second kappa shape index (κ2) is 9.91. The third-order valence-electron chi connectivity index (χ3n) is 6.93. The van der Waals surface area contributed by atoms with Gasteiger partial charge in [0.15, 0.2) is 11.6 Å². The number of rotatable bonds is 6. The minimum atomic E-state index is -3.02. The van der Waals surface area contributed by atoms with E-state index in [2.05, 4.69) is 19.6 Å². The quantitative estimate of drug-likeness (QED) is 0.677. The van der Waals surface area contributed by atoms with Crippen molar-refractivity contribution >= 4 is 11.8 Å². The minimum absolute atomic E-state index is 0.123. The van der Waals surface area contributed by atoms with Crippen LogP contribution in [-0.4, -0.2) is 78.1 Å². The lowest BCUT2D eigenvalue weighted by Crippen LogP contribution is -2.42.